The molecule has 0 amide bonds. The highest BCUT2D eigenvalue weighted by molar-refractivity contribution is 6.43. The van der Waals surface area contributed by atoms with Crippen LogP contribution in [0.3, 0.4) is 0 Å². The fraction of sp³-hybridized carbons (Fsp3) is 0.312. The summed E-state index contributed by atoms with van der Waals surface area (Å²) in [6, 6.07) is 3.59. The van der Waals surface area contributed by atoms with E-state index in [1.54, 1.807) is 16.6 Å². The highest BCUT2D eigenvalue weighted by atomic mass is 35.5. The first-order valence-corrected chi connectivity index (χ1v) is 9.36. The van der Waals surface area contributed by atoms with Gasteiger partial charge in [0.1, 0.15) is 17.3 Å². The van der Waals surface area contributed by atoms with Gasteiger partial charge in [-0.3, -0.25) is 0 Å². The first kappa shape index (κ1) is 17.2. The summed E-state index contributed by atoms with van der Waals surface area (Å²) in [5.41, 5.74) is 1.17. The summed E-state index contributed by atoms with van der Waals surface area (Å²) in [4.78, 5) is 8.45. The maximum absolute atomic E-state index is 6.49. The van der Waals surface area contributed by atoms with Gasteiger partial charge in [0.25, 0.3) is 5.78 Å². The molecule has 3 aromatic rings. The molecule has 1 aliphatic carbocycles. The number of benzene rings is 1. The van der Waals surface area contributed by atoms with Gasteiger partial charge in [0.05, 0.1) is 15.6 Å². The number of halogens is 4. The van der Waals surface area contributed by atoms with Crippen molar-refractivity contribution in [2.24, 2.45) is 0 Å². The molecule has 1 aromatic carbocycles. The fourth-order valence-electron chi connectivity index (χ4n) is 3.22. The van der Waals surface area contributed by atoms with Crippen LogP contribution in [-0.4, -0.2) is 25.6 Å². The minimum atomic E-state index is 0.257. The molecule has 130 valence electrons. The van der Waals surface area contributed by atoms with Crippen LogP contribution in [0.5, 0.6) is 0 Å². The Hall–Kier alpha value is -1.27. The van der Waals surface area contributed by atoms with E-state index in [2.05, 4.69) is 20.4 Å². The summed E-state index contributed by atoms with van der Waals surface area (Å²) < 4.78 is 1.63. The zero-order valence-corrected chi connectivity index (χ0v) is 16.0. The summed E-state index contributed by atoms with van der Waals surface area (Å²) >= 11 is 25.4. The van der Waals surface area contributed by atoms with E-state index < -0.39 is 0 Å². The smallest absolute Gasteiger partial charge is 0.255 e. The van der Waals surface area contributed by atoms with Crippen LogP contribution in [0.15, 0.2) is 18.5 Å². The molecular weight excluding hydrogens is 404 g/mol. The minimum absolute atomic E-state index is 0.257. The molecule has 0 saturated heterocycles. The van der Waals surface area contributed by atoms with Gasteiger partial charge in [0.2, 0.25) is 0 Å². The van der Waals surface area contributed by atoms with Crippen molar-refractivity contribution < 1.29 is 0 Å². The molecule has 2 heterocycles. The summed E-state index contributed by atoms with van der Waals surface area (Å²) in [5.74, 6) is 1.10. The number of aromatic nitrogens is 4. The van der Waals surface area contributed by atoms with E-state index in [0.29, 0.717) is 43.8 Å². The van der Waals surface area contributed by atoms with E-state index in [0.717, 1.165) is 12.8 Å². The van der Waals surface area contributed by atoms with Crippen molar-refractivity contribution >= 4 is 58.0 Å². The third-order valence-corrected chi connectivity index (χ3v) is 5.42. The van der Waals surface area contributed by atoms with Gasteiger partial charge in [-0.25, -0.2) is 0 Å². The van der Waals surface area contributed by atoms with E-state index in [-0.39, 0.29) is 5.15 Å². The molecule has 9 heteroatoms. The third kappa shape index (κ3) is 3.14. The highest BCUT2D eigenvalue weighted by Gasteiger charge is 2.25. The molecule has 0 atom stereocenters. The summed E-state index contributed by atoms with van der Waals surface area (Å²) in [6.45, 7) is 0. The maximum Gasteiger partial charge on any atom is 0.255 e. The number of anilines is 1. The lowest BCUT2D eigenvalue weighted by Gasteiger charge is -2.20. The van der Waals surface area contributed by atoms with Gasteiger partial charge < -0.3 is 5.32 Å². The van der Waals surface area contributed by atoms with Crippen LogP contribution < -0.4 is 5.32 Å². The SMILES string of the molecule is Clc1cc(Cl)c(-c2c(Cl)nc3ncnn3c2NC2CCCC2)c(Cl)c1. The van der Waals surface area contributed by atoms with Gasteiger partial charge in [-0.2, -0.15) is 19.6 Å². The molecule has 25 heavy (non-hydrogen) atoms. The first-order valence-electron chi connectivity index (χ1n) is 7.85. The molecule has 0 radical (unpaired) electrons. The van der Waals surface area contributed by atoms with Gasteiger partial charge in [-0.1, -0.05) is 59.2 Å². The van der Waals surface area contributed by atoms with Crippen molar-refractivity contribution in [1.82, 2.24) is 19.6 Å². The predicted molar refractivity (Wildman–Crippen MR) is 102 cm³/mol. The predicted octanol–water partition coefficient (Wildman–Crippen LogP) is 5.76. The number of hydrogen-bond donors (Lipinski definition) is 1. The second kappa shape index (κ2) is 6.80. The standard InChI is InChI=1S/C16H13Cl4N5/c17-8-5-10(18)12(11(19)6-8)13-14(20)24-16-21-7-22-25(16)15(13)23-9-3-1-2-4-9/h5-7,9,23H,1-4H2. The minimum Gasteiger partial charge on any atom is -0.367 e. The molecule has 2 aromatic heterocycles. The lowest BCUT2D eigenvalue weighted by Crippen LogP contribution is -2.18. The maximum atomic E-state index is 6.49. The molecule has 0 unspecified atom stereocenters. The molecule has 1 saturated carbocycles. The Morgan fingerprint density at radius 3 is 2.36 bits per heavy atom. The Kier molecular flexibility index (Phi) is 4.67. The molecule has 4 rings (SSSR count). The summed E-state index contributed by atoms with van der Waals surface area (Å²) in [6.07, 6.45) is 5.98. The van der Waals surface area contributed by atoms with Crippen LogP contribution >= 0.6 is 46.4 Å². The van der Waals surface area contributed by atoms with Gasteiger partial charge in [-0.05, 0) is 25.0 Å². The first-order chi connectivity index (χ1) is 12.0. The molecule has 1 N–H and O–H groups in total. The molecule has 1 aliphatic rings. The van der Waals surface area contributed by atoms with Crippen LogP contribution in [-0.2, 0) is 0 Å². The van der Waals surface area contributed by atoms with Crippen molar-refractivity contribution in [2.75, 3.05) is 5.32 Å². The van der Waals surface area contributed by atoms with Crippen LogP contribution in [0, 0.1) is 0 Å². The van der Waals surface area contributed by atoms with Crippen molar-refractivity contribution in [3.63, 3.8) is 0 Å². The lowest BCUT2D eigenvalue weighted by atomic mass is 10.1. The van der Waals surface area contributed by atoms with Gasteiger partial charge in [0.15, 0.2) is 0 Å². The van der Waals surface area contributed by atoms with Crippen molar-refractivity contribution in [3.8, 4) is 11.1 Å². The average molecular weight is 417 g/mol. The second-order valence-corrected chi connectivity index (χ2v) is 7.58. The second-order valence-electron chi connectivity index (χ2n) is 5.97. The van der Waals surface area contributed by atoms with Crippen LogP contribution in [0.1, 0.15) is 25.7 Å². The molecule has 0 aliphatic heterocycles. The normalized spacial score (nSPS) is 15.2. The van der Waals surface area contributed by atoms with Crippen LogP contribution in [0.25, 0.3) is 16.9 Å². The topological polar surface area (TPSA) is 55.1 Å². The van der Waals surface area contributed by atoms with Crippen LogP contribution in [0.4, 0.5) is 5.82 Å². The number of rotatable bonds is 3. The number of fused-ring (bicyclic) bond motifs is 1. The van der Waals surface area contributed by atoms with E-state index in [1.165, 1.54) is 19.2 Å². The molecule has 0 bridgehead atoms. The molecule has 5 nitrogen and oxygen atoms in total. The Balaban J connectivity index is 1.97. The van der Waals surface area contributed by atoms with Crippen LogP contribution in [0.2, 0.25) is 20.2 Å². The van der Waals surface area contributed by atoms with Crippen molar-refractivity contribution in [3.05, 3.63) is 38.7 Å². The monoisotopic (exact) mass is 415 g/mol. The van der Waals surface area contributed by atoms with Gasteiger partial charge in [0, 0.05) is 16.6 Å². The van der Waals surface area contributed by atoms with E-state index in [9.17, 15) is 0 Å². The van der Waals surface area contributed by atoms with E-state index >= 15 is 0 Å². The van der Waals surface area contributed by atoms with E-state index in [4.69, 9.17) is 46.4 Å². The quantitative estimate of drug-likeness (QED) is 0.551. The molecular formula is C16H13Cl4N5. The highest BCUT2D eigenvalue weighted by Crippen LogP contribution is 2.44. The Morgan fingerprint density at radius 1 is 1.00 bits per heavy atom. The number of nitrogens with one attached hydrogen (secondary N) is 1. The average Bonchev–Trinajstić information content (AvgIpc) is 3.20. The summed E-state index contributed by atoms with van der Waals surface area (Å²) in [5, 5.41) is 9.31. The van der Waals surface area contributed by atoms with Gasteiger partial charge in [-0.15, -0.1) is 0 Å². The molecule has 1 fully saturated rings. The van der Waals surface area contributed by atoms with Gasteiger partial charge >= 0.3 is 0 Å². The lowest BCUT2D eigenvalue weighted by molar-refractivity contribution is 0.741. The third-order valence-electron chi connectivity index (χ3n) is 4.34. The van der Waals surface area contributed by atoms with Crippen molar-refractivity contribution in [1.29, 1.82) is 0 Å². The Labute approximate surface area is 164 Å². The summed E-state index contributed by atoms with van der Waals surface area (Å²) in [7, 11) is 0. The fourth-order valence-corrected chi connectivity index (χ4v) is 4.48. The zero-order valence-electron chi connectivity index (χ0n) is 12.9. The zero-order chi connectivity index (χ0) is 17.6. The van der Waals surface area contributed by atoms with E-state index in [1.807, 2.05) is 0 Å². The largest absolute Gasteiger partial charge is 0.367 e. The number of nitrogens with zero attached hydrogens (tertiary/aromatic N) is 4. The number of hydrogen-bond acceptors (Lipinski definition) is 4. The molecule has 0 spiro atoms. The Bertz CT molecular complexity index is 926. The van der Waals surface area contributed by atoms with Crippen molar-refractivity contribution in [2.45, 2.75) is 31.7 Å². The Morgan fingerprint density at radius 2 is 1.68 bits per heavy atom.